The summed E-state index contributed by atoms with van der Waals surface area (Å²) in [6, 6.07) is 6.31. The van der Waals surface area contributed by atoms with Gasteiger partial charge in [-0.1, -0.05) is 38.5 Å². The van der Waals surface area contributed by atoms with Crippen LogP contribution >= 0.6 is 0 Å². The Hall–Kier alpha value is -1.84. The zero-order chi connectivity index (χ0) is 18.2. The van der Waals surface area contributed by atoms with Gasteiger partial charge in [0.15, 0.2) is 0 Å². The largest absolute Gasteiger partial charge is 0.341 e. The molecule has 1 unspecified atom stereocenters. The molecule has 0 heterocycles. The molecular weight excluding hydrogens is 312 g/mol. The monoisotopic (exact) mass is 344 g/mol. The third-order valence-corrected chi connectivity index (χ3v) is 4.98. The predicted molar refractivity (Wildman–Crippen MR) is 101 cm³/mol. The van der Waals surface area contributed by atoms with Gasteiger partial charge in [0.25, 0.3) is 0 Å². The summed E-state index contributed by atoms with van der Waals surface area (Å²) in [7, 11) is 0. The van der Waals surface area contributed by atoms with Crippen molar-refractivity contribution >= 4 is 11.8 Å². The molecule has 2 amide bonds. The topological polar surface area (TPSA) is 49.4 Å². The Kier molecular flexibility index (Phi) is 7.48. The number of hydrogen-bond donors (Lipinski definition) is 1. The normalized spacial score (nSPS) is 14.5. The van der Waals surface area contributed by atoms with E-state index in [1.807, 2.05) is 13.8 Å². The first kappa shape index (κ1) is 19.5. The van der Waals surface area contributed by atoms with Gasteiger partial charge in [-0.05, 0) is 62.1 Å². The number of carbonyl (C=O) groups excluding carboxylic acids is 2. The lowest BCUT2D eigenvalue weighted by Crippen LogP contribution is -2.44. The number of fused-ring (bicyclic) bond motifs is 1. The van der Waals surface area contributed by atoms with E-state index in [1.165, 1.54) is 24.0 Å². The van der Waals surface area contributed by atoms with E-state index in [4.69, 9.17) is 0 Å². The number of benzene rings is 1. The van der Waals surface area contributed by atoms with Gasteiger partial charge >= 0.3 is 11.8 Å². The molecule has 1 aliphatic rings. The zero-order valence-corrected chi connectivity index (χ0v) is 15.9. The Morgan fingerprint density at radius 1 is 1.08 bits per heavy atom. The number of amides is 2. The smallest absolute Gasteiger partial charge is 0.311 e. The second kappa shape index (κ2) is 9.59. The summed E-state index contributed by atoms with van der Waals surface area (Å²) in [5.41, 5.74) is 3.91. The number of rotatable bonds is 7. The standard InChI is InChI=1S/C21H32N2O2/c1-4-6-14-23(13-5-2)21(25)20(24)22-16(3)18-12-11-17-9-7-8-10-19(17)15-18/h11-12,15-16H,4-10,13-14H2,1-3H3,(H,22,24). The van der Waals surface area contributed by atoms with Crippen molar-refractivity contribution in [3.63, 3.8) is 0 Å². The minimum atomic E-state index is -0.491. The lowest BCUT2D eigenvalue weighted by atomic mass is 9.89. The highest BCUT2D eigenvalue weighted by atomic mass is 16.2. The number of hydrogen-bond acceptors (Lipinski definition) is 2. The van der Waals surface area contributed by atoms with Crippen molar-refractivity contribution in [2.45, 2.75) is 71.8 Å². The van der Waals surface area contributed by atoms with E-state index < -0.39 is 11.8 Å². The lowest BCUT2D eigenvalue weighted by molar-refractivity contribution is -0.146. The van der Waals surface area contributed by atoms with Gasteiger partial charge in [0.1, 0.15) is 0 Å². The van der Waals surface area contributed by atoms with Crippen molar-refractivity contribution in [1.29, 1.82) is 0 Å². The summed E-state index contributed by atoms with van der Waals surface area (Å²) in [5, 5.41) is 2.89. The number of nitrogens with one attached hydrogen (secondary N) is 1. The minimum Gasteiger partial charge on any atom is -0.341 e. The van der Waals surface area contributed by atoms with E-state index >= 15 is 0 Å². The summed E-state index contributed by atoms with van der Waals surface area (Å²) < 4.78 is 0. The molecular formula is C21H32N2O2. The van der Waals surface area contributed by atoms with Gasteiger partial charge in [-0.3, -0.25) is 9.59 Å². The van der Waals surface area contributed by atoms with Crippen LogP contribution in [0.25, 0.3) is 0 Å². The second-order valence-corrected chi connectivity index (χ2v) is 7.08. The third-order valence-electron chi connectivity index (χ3n) is 4.98. The molecule has 1 aliphatic carbocycles. The fraction of sp³-hybridized carbons (Fsp3) is 0.619. The number of nitrogens with zero attached hydrogens (tertiary/aromatic N) is 1. The first-order valence-electron chi connectivity index (χ1n) is 9.78. The molecule has 0 radical (unpaired) electrons. The molecule has 0 saturated heterocycles. The Bertz CT molecular complexity index is 598. The molecule has 0 saturated carbocycles. The van der Waals surface area contributed by atoms with Crippen molar-refractivity contribution in [2.75, 3.05) is 13.1 Å². The van der Waals surface area contributed by atoms with E-state index in [9.17, 15) is 9.59 Å². The number of aryl methyl sites for hydroxylation is 2. The maximum atomic E-state index is 12.5. The summed E-state index contributed by atoms with van der Waals surface area (Å²) in [5.74, 6) is -0.894. The maximum absolute atomic E-state index is 12.5. The Morgan fingerprint density at radius 2 is 1.80 bits per heavy atom. The zero-order valence-electron chi connectivity index (χ0n) is 15.9. The molecule has 1 N–H and O–H groups in total. The van der Waals surface area contributed by atoms with Crippen LogP contribution in [0.15, 0.2) is 18.2 Å². The van der Waals surface area contributed by atoms with E-state index in [0.717, 1.165) is 37.7 Å². The Morgan fingerprint density at radius 3 is 2.48 bits per heavy atom. The molecule has 4 nitrogen and oxygen atoms in total. The van der Waals surface area contributed by atoms with Crippen LogP contribution in [0.4, 0.5) is 0 Å². The molecule has 0 spiro atoms. The molecule has 0 aliphatic heterocycles. The van der Waals surface area contributed by atoms with Crippen molar-refractivity contribution in [3.05, 3.63) is 34.9 Å². The Balaban J connectivity index is 1.99. The van der Waals surface area contributed by atoms with E-state index in [-0.39, 0.29) is 6.04 Å². The van der Waals surface area contributed by atoms with Gasteiger partial charge in [-0.2, -0.15) is 0 Å². The van der Waals surface area contributed by atoms with Gasteiger partial charge in [-0.25, -0.2) is 0 Å². The SMILES string of the molecule is CCCCN(CCC)C(=O)C(=O)NC(C)c1ccc2c(c1)CCCC2. The first-order valence-corrected chi connectivity index (χ1v) is 9.78. The van der Waals surface area contributed by atoms with Crippen LogP contribution in [0.5, 0.6) is 0 Å². The number of unbranched alkanes of at least 4 members (excludes halogenated alkanes) is 1. The predicted octanol–water partition coefficient (Wildman–Crippen LogP) is 3.78. The number of carbonyl (C=O) groups is 2. The van der Waals surface area contributed by atoms with Crippen LogP contribution in [0.1, 0.15) is 75.6 Å². The summed E-state index contributed by atoms with van der Waals surface area (Å²) >= 11 is 0. The van der Waals surface area contributed by atoms with Crippen LogP contribution in [0.2, 0.25) is 0 Å². The highest BCUT2D eigenvalue weighted by Crippen LogP contribution is 2.24. The lowest BCUT2D eigenvalue weighted by Gasteiger charge is -2.23. The molecule has 25 heavy (non-hydrogen) atoms. The molecule has 0 bridgehead atoms. The molecule has 1 aromatic rings. The fourth-order valence-electron chi connectivity index (χ4n) is 3.44. The molecule has 4 heteroatoms. The van der Waals surface area contributed by atoms with Gasteiger partial charge in [0, 0.05) is 13.1 Å². The van der Waals surface area contributed by atoms with Crippen LogP contribution in [0, 0.1) is 0 Å². The average Bonchev–Trinajstić information content (AvgIpc) is 2.64. The van der Waals surface area contributed by atoms with E-state index in [1.54, 1.807) is 4.90 Å². The van der Waals surface area contributed by atoms with Crippen LogP contribution in [-0.2, 0) is 22.4 Å². The summed E-state index contributed by atoms with van der Waals surface area (Å²) in [4.78, 5) is 26.5. The van der Waals surface area contributed by atoms with Crippen molar-refractivity contribution in [3.8, 4) is 0 Å². The molecule has 2 rings (SSSR count). The van der Waals surface area contributed by atoms with Crippen molar-refractivity contribution in [1.82, 2.24) is 10.2 Å². The highest BCUT2D eigenvalue weighted by molar-refractivity contribution is 6.35. The first-order chi connectivity index (χ1) is 12.1. The van der Waals surface area contributed by atoms with Crippen LogP contribution in [0.3, 0.4) is 0 Å². The van der Waals surface area contributed by atoms with Gasteiger partial charge in [0.05, 0.1) is 6.04 Å². The molecule has 1 atom stereocenters. The van der Waals surface area contributed by atoms with Crippen LogP contribution < -0.4 is 5.32 Å². The van der Waals surface area contributed by atoms with E-state index in [2.05, 4.69) is 30.4 Å². The molecule has 0 aromatic heterocycles. The maximum Gasteiger partial charge on any atom is 0.311 e. The Labute approximate surface area is 152 Å². The third kappa shape index (κ3) is 5.32. The quantitative estimate of drug-likeness (QED) is 0.765. The minimum absolute atomic E-state index is 0.154. The van der Waals surface area contributed by atoms with E-state index in [0.29, 0.717) is 13.1 Å². The summed E-state index contributed by atoms with van der Waals surface area (Å²) in [6.45, 7) is 7.36. The van der Waals surface area contributed by atoms with Gasteiger partial charge in [0.2, 0.25) is 0 Å². The van der Waals surface area contributed by atoms with Crippen molar-refractivity contribution in [2.24, 2.45) is 0 Å². The molecule has 1 aromatic carbocycles. The highest BCUT2D eigenvalue weighted by Gasteiger charge is 2.23. The summed E-state index contributed by atoms with van der Waals surface area (Å²) in [6.07, 6.45) is 7.57. The fourth-order valence-corrected chi connectivity index (χ4v) is 3.44. The van der Waals surface area contributed by atoms with Crippen LogP contribution in [-0.4, -0.2) is 29.8 Å². The average molecular weight is 344 g/mol. The molecule has 0 fully saturated rings. The van der Waals surface area contributed by atoms with Gasteiger partial charge < -0.3 is 10.2 Å². The second-order valence-electron chi connectivity index (χ2n) is 7.08. The molecule has 138 valence electrons. The van der Waals surface area contributed by atoms with Crippen molar-refractivity contribution < 1.29 is 9.59 Å². The van der Waals surface area contributed by atoms with Gasteiger partial charge in [-0.15, -0.1) is 0 Å².